The third-order valence-electron chi connectivity index (χ3n) is 1.82. The number of carbonyl (C=O) groups excluding carboxylic acids is 1. The van der Waals surface area contributed by atoms with Crippen LogP contribution >= 0.6 is 27.3 Å². The van der Waals surface area contributed by atoms with E-state index in [0.29, 0.717) is 18.0 Å². The molecule has 1 heterocycles. The summed E-state index contributed by atoms with van der Waals surface area (Å²) in [5.41, 5.74) is 0. The Labute approximate surface area is 102 Å². The van der Waals surface area contributed by atoms with Crippen LogP contribution < -0.4 is 5.32 Å². The van der Waals surface area contributed by atoms with E-state index < -0.39 is 0 Å². The van der Waals surface area contributed by atoms with Crippen molar-refractivity contribution in [2.24, 2.45) is 0 Å². The molecule has 0 aliphatic carbocycles. The van der Waals surface area contributed by atoms with Crippen LogP contribution in [0.5, 0.6) is 0 Å². The molecular weight excluding hydrogens is 278 g/mol. The first kappa shape index (κ1) is 12.7. The minimum Gasteiger partial charge on any atom is -0.377 e. The predicted molar refractivity (Wildman–Crippen MR) is 65.4 cm³/mol. The lowest BCUT2D eigenvalue weighted by Gasteiger charge is -2.11. The number of nitrogens with one attached hydrogen (secondary N) is 1. The summed E-state index contributed by atoms with van der Waals surface area (Å²) in [4.78, 5) is 12.4. The summed E-state index contributed by atoms with van der Waals surface area (Å²) in [7, 11) is 0. The summed E-state index contributed by atoms with van der Waals surface area (Å²) >= 11 is 4.75. The second-order valence-corrected chi connectivity index (χ2v) is 4.84. The second kappa shape index (κ2) is 6.25. The fraction of sp³-hybridized carbons (Fsp3) is 0.500. The maximum atomic E-state index is 11.6. The fourth-order valence-corrected chi connectivity index (χ4v) is 2.58. The van der Waals surface area contributed by atoms with E-state index in [9.17, 15) is 4.79 Å². The number of hydrogen-bond donors (Lipinski definition) is 1. The Morgan fingerprint density at radius 1 is 1.73 bits per heavy atom. The lowest BCUT2D eigenvalue weighted by atomic mass is 10.3. The molecule has 1 N–H and O–H groups in total. The maximum absolute atomic E-state index is 11.6. The summed E-state index contributed by atoms with van der Waals surface area (Å²) < 4.78 is 6.16. The minimum absolute atomic E-state index is 0.0524. The Morgan fingerprint density at radius 3 is 3.00 bits per heavy atom. The lowest BCUT2D eigenvalue weighted by molar-refractivity contribution is 0.0696. The van der Waals surface area contributed by atoms with Gasteiger partial charge in [-0.25, -0.2) is 0 Å². The molecule has 3 nitrogen and oxygen atoms in total. The standard InChI is InChI=1S/C10H14BrNO2S/c1-3-14-7(2)6-12-10(13)9-8(11)4-5-15-9/h4-5,7H,3,6H2,1-2H3,(H,12,13). The molecule has 0 aliphatic rings. The second-order valence-electron chi connectivity index (χ2n) is 3.07. The van der Waals surface area contributed by atoms with Crippen LogP contribution in [0.1, 0.15) is 23.5 Å². The van der Waals surface area contributed by atoms with Crippen LogP contribution in [0.2, 0.25) is 0 Å². The molecule has 1 atom stereocenters. The molecule has 0 saturated heterocycles. The molecule has 1 rings (SSSR count). The van der Waals surface area contributed by atoms with Gasteiger partial charge in [0, 0.05) is 17.6 Å². The molecule has 0 radical (unpaired) electrons. The van der Waals surface area contributed by atoms with Crippen molar-refractivity contribution in [3.05, 3.63) is 20.8 Å². The van der Waals surface area contributed by atoms with Gasteiger partial charge in [0.15, 0.2) is 0 Å². The molecule has 1 aromatic heterocycles. The normalized spacial score (nSPS) is 12.5. The summed E-state index contributed by atoms with van der Waals surface area (Å²) in [6.07, 6.45) is 0.0534. The summed E-state index contributed by atoms with van der Waals surface area (Å²) in [5.74, 6) is -0.0524. The van der Waals surface area contributed by atoms with Crippen molar-refractivity contribution < 1.29 is 9.53 Å². The van der Waals surface area contributed by atoms with Crippen LogP contribution in [-0.4, -0.2) is 25.2 Å². The minimum atomic E-state index is -0.0524. The van der Waals surface area contributed by atoms with Gasteiger partial charge < -0.3 is 10.1 Å². The van der Waals surface area contributed by atoms with Crippen LogP contribution in [0.25, 0.3) is 0 Å². The third kappa shape index (κ3) is 3.93. The average Bonchev–Trinajstić information content (AvgIpc) is 2.61. The number of carbonyl (C=O) groups is 1. The van der Waals surface area contributed by atoms with E-state index in [-0.39, 0.29) is 12.0 Å². The molecule has 0 fully saturated rings. The SMILES string of the molecule is CCOC(C)CNC(=O)c1sccc1Br. The van der Waals surface area contributed by atoms with Crippen molar-refractivity contribution >= 4 is 33.2 Å². The van der Waals surface area contributed by atoms with E-state index in [1.165, 1.54) is 11.3 Å². The van der Waals surface area contributed by atoms with Crippen molar-refractivity contribution in [3.63, 3.8) is 0 Å². The zero-order valence-electron chi connectivity index (χ0n) is 8.75. The van der Waals surface area contributed by atoms with Gasteiger partial charge in [-0.1, -0.05) is 0 Å². The monoisotopic (exact) mass is 291 g/mol. The van der Waals surface area contributed by atoms with Crippen LogP contribution in [0.4, 0.5) is 0 Å². The highest BCUT2D eigenvalue weighted by atomic mass is 79.9. The van der Waals surface area contributed by atoms with E-state index >= 15 is 0 Å². The number of rotatable bonds is 5. The predicted octanol–water partition coefficient (Wildman–Crippen LogP) is 2.67. The van der Waals surface area contributed by atoms with E-state index in [4.69, 9.17) is 4.74 Å². The van der Waals surface area contributed by atoms with Gasteiger partial charge in [-0.15, -0.1) is 11.3 Å². The molecule has 5 heteroatoms. The molecule has 1 amide bonds. The molecule has 1 aromatic rings. The lowest BCUT2D eigenvalue weighted by Crippen LogP contribution is -2.31. The molecule has 0 bridgehead atoms. The van der Waals surface area contributed by atoms with E-state index in [2.05, 4.69) is 21.2 Å². The molecule has 0 spiro atoms. The van der Waals surface area contributed by atoms with E-state index in [1.807, 2.05) is 25.3 Å². The van der Waals surface area contributed by atoms with Crippen LogP contribution in [0.3, 0.4) is 0 Å². The number of thiophene rings is 1. The van der Waals surface area contributed by atoms with Gasteiger partial charge in [0.1, 0.15) is 4.88 Å². The molecule has 84 valence electrons. The highest BCUT2D eigenvalue weighted by Gasteiger charge is 2.11. The molecule has 1 unspecified atom stereocenters. The topological polar surface area (TPSA) is 38.3 Å². The molecule has 15 heavy (non-hydrogen) atoms. The largest absolute Gasteiger partial charge is 0.377 e. The molecule has 0 aliphatic heterocycles. The van der Waals surface area contributed by atoms with E-state index in [0.717, 1.165) is 4.47 Å². The Bertz CT molecular complexity index is 327. The number of ether oxygens (including phenoxy) is 1. The van der Waals surface area contributed by atoms with Crippen molar-refractivity contribution in [1.82, 2.24) is 5.32 Å². The van der Waals surface area contributed by atoms with Gasteiger partial charge in [-0.05, 0) is 41.2 Å². The zero-order valence-corrected chi connectivity index (χ0v) is 11.2. The first-order valence-corrected chi connectivity index (χ1v) is 6.45. The summed E-state index contributed by atoms with van der Waals surface area (Å²) in [6.45, 7) is 5.08. The van der Waals surface area contributed by atoms with Gasteiger partial charge in [0.25, 0.3) is 5.91 Å². The first-order chi connectivity index (χ1) is 7.15. The van der Waals surface area contributed by atoms with Crippen LogP contribution in [-0.2, 0) is 4.74 Å². The van der Waals surface area contributed by atoms with Crippen molar-refractivity contribution in [2.75, 3.05) is 13.2 Å². The average molecular weight is 292 g/mol. The summed E-state index contributed by atoms with van der Waals surface area (Å²) in [6, 6.07) is 1.87. The van der Waals surface area contributed by atoms with Gasteiger partial charge >= 0.3 is 0 Å². The fourth-order valence-electron chi connectivity index (χ4n) is 1.12. The first-order valence-electron chi connectivity index (χ1n) is 4.78. The Hall–Kier alpha value is -0.390. The zero-order chi connectivity index (χ0) is 11.3. The van der Waals surface area contributed by atoms with Gasteiger partial charge in [-0.3, -0.25) is 4.79 Å². The molecule has 0 saturated carbocycles. The molecule has 0 aromatic carbocycles. The highest BCUT2D eigenvalue weighted by molar-refractivity contribution is 9.10. The number of hydrogen-bond acceptors (Lipinski definition) is 3. The molecular formula is C10H14BrNO2S. The Kier molecular flexibility index (Phi) is 5.28. The van der Waals surface area contributed by atoms with Crippen LogP contribution in [0, 0.1) is 0 Å². The Morgan fingerprint density at radius 2 is 2.47 bits per heavy atom. The van der Waals surface area contributed by atoms with Crippen LogP contribution in [0.15, 0.2) is 15.9 Å². The van der Waals surface area contributed by atoms with Crippen molar-refractivity contribution in [2.45, 2.75) is 20.0 Å². The summed E-state index contributed by atoms with van der Waals surface area (Å²) in [5, 5.41) is 4.71. The van der Waals surface area contributed by atoms with E-state index in [1.54, 1.807) is 0 Å². The highest BCUT2D eigenvalue weighted by Crippen LogP contribution is 2.22. The number of halogens is 1. The smallest absolute Gasteiger partial charge is 0.262 e. The third-order valence-corrected chi connectivity index (χ3v) is 3.66. The Balaban J connectivity index is 2.40. The number of amides is 1. The quantitative estimate of drug-likeness (QED) is 0.906. The van der Waals surface area contributed by atoms with Gasteiger partial charge in [0.05, 0.1) is 6.10 Å². The van der Waals surface area contributed by atoms with Crippen molar-refractivity contribution in [1.29, 1.82) is 0 Å². The maximum Gasteiger partial charge on any atom is 0.262 e. The van der Waals surface area contributed by atoms with Gasteiger partial charge in [-0.2, -0.15) is 0 Å². The van der Waals surface area contributed by atoms with Gasteiger partial charge in [0.2, 0.25) is 0 Å². The van der Waals surface area contributed by atoms with Crippen molar-refractivity contribution in [3.8, 4) is 0 Å².